The van der Waals surface area contributed by atoms with Crippen LogP contribution in [0.2, 0.25) is 0 Å². The standard InChI is InChI=1S/C18H21BrN4O3S/c19-14-3-1-2-13(10-14)17-16(11-22-23-17)18(24)21-9-8-12-4-6-15(7-5-12)27(20,25)26/h1-7,10,16-17,22-23H,8-9,11H2,(H,21,24)(H2,20,25,26). The van der Waals surface area contributed by atoms with Gasteiger partial charge in [-0.25, -0.2) is 19.0 Å². The van der Waals surface area contributed by atoms with Crippen molar-refractivity contribution in [3.63, 3.8) is 0 Å². The highest BCUT2D eigenvalue weighted by atomic mass is 79.9. The third kappa shape index (κ3) is 5.14. The SMILES string of the molecule is NS(=O)(=O)c1ccc(CCNC(=O)C2CNNC2c2cccc(Br)c2)cc1. The number of primary sulfonamides is 1. The van der Waals surface area contributed by atoms with Gasteiger partial charge in [-0.15, -0.1) is 0 Å². The summed E-state index contributed by atoms with van der Waals surface area (Å²) in [5.74, 6) is -0.248. The summed E-state index contributed by atoms with van der Waals surface area (Å²) < 4.78 is 23.5. The molecule has 0 spiro atoms. The smallest absolute Gasteiger partial charge is 0.238 e. The van der Waals surface area contributed by atoms with Gasteiger partial charge in [0.2, 0.25) is 15.9 Å². The van der Waals surface area contributed by atoms with Gasteiger partial charge in [-0.2, -0.15) is 0 Å². The lowest BCUT2D eigenvalue weighted by molar-refractivity contribution is -0.124. The van der Waals surface area contributed by atoms with E-state index in [2.05, 4.69) is 32.1 Å². The zero-order valence-corrected chi connectivity index (χ0v) is 16.9. The lowest BCUT2D eigenvalue weighted by Crippen LogP contribution is -2.36. The number of hydrogen-bond donors (Lipinski definition) is 4. The second kappa shape index (κ2) is 8.49. The second-order valence-electron chi connectivity index (χ2n) is 6.39. The summed E-state index contributed by atoms with van der Waals surface area (Å²) in [4.78, 5) is 12.7. The predicted molar refractivity (Wildman–Crippen MR) is 106 cm³/mol. The number of amides is 1. The molecule has 2 atom stereocenters. The van der Waals surface area contributed by atoms with E-state index in [1.54, 1.807) is 12.1 Å². The summed E-state index contributed by atoms with van der Waals surface area (Å²) in [5, 5.41) is 8.05. The van der Waals surface area contributed by atoms with Crippen LogP contribution in [-0.4, -0.2) is 27.4 Å². The van der Waals surface area contributed by atoms with Crippen LogP contribution in [0.1, 0.15) is 17.2 Å². The number of hydrogen-bond acceptors (Lipinski definition) is 5. The van der Waals surface area contributed by atoms with E-state index in [0.29, 0.717) is 19.5 Å². The molecule has 7 nitrogen and oxygen atoms in total. The maximum atomic E-state index is 12.6. The molecule has 0 saturated carbocycles. The van der Waals surface area contributed by atoms with E-state index in [4.69, 9.17) is 5.14 Å². The van der Waals surface area contributed by atoms with Crippen LogP contribution >= 0.6 is 15.9 Å². The van der Waals surface area contributed by atoms with Gasteiger partial charge in [0.25, 0.3) is 0 Å². The maximum absolute atomic E-state index is 12.6. The maximum Gasteiger partial charge on any atom is 0.238 e. The summed E-state index contributed by atoms with van der Waals surface area (Å²) in [6.07, 6.45) is 0.603. The minimum absolute atomic E-state index is 0.0290. The van der Waals surface area contributed by atoms with Crippen LogP contribution in [0, 0.1) is 5.92 Å². The van der Waals surface area contributed by atoms with Crippen molar-refractivity contribution in [1.82, 2.24) is 16.2 Å². The third-order valence-electron chi connectivity index (χ3n) is 4.49. The molecule has 0 aliphatic carbocycles. The predicted octanol–water partition coefficient (Wildman–Crippen LogP) is 1.22. The van der Waals surface area contributed by atoms with Crippen molar-refractivity contribution in [3.05, 3.63) is 64.1 Å². The first kappa shape index (κ1) is 20.0. The number of carbonyl (C=O) groups excluding carboxylic acids is 1. The van der Waals surface area contributed by atoms with Gasteiger partial charge >= 0.3 is 0 Å². The fourth-order valence-corrected chi connectivity index (χ4v) is 4.00. The van der Waals surface area contributed by atoms with Crippen LogP contribution < -0.4 is 21.3 Å². The average molecular weight is 453 g/mol. The largest absolute Gasteiger partial charge is 0.355 e. The normalized spacial score (nSPS) is 19.8. The first-order valence-electron chi connectivity index (χ1n) is 8.48. The van der Waals surface area contributed by atoms with Crippen LogP contribution in [0.5, 0.6) is 0 Å². The molecule has 1 amide bonds. The molecular formula is C18H21BrN4O3S. The molecule has 5 N–H and O–H groups in total. The Labute approximate surface area is 166 Å². The molecular weight excluding hydrogens is 432 g/mol. The molecule has 2 unspecified atom stereocenters. The molecule has 0 radical (unpaired) electrons. The van der Waals surface area contributed by atoms with Crippen LogP contribution in [0.15, 0.2) is 57.9 Å². The summed E-state index contributed by atoms with van der Waals surface area (Å²) in [6.45, 7) is 1.02. The van der Waals surface area contributed by atoms with Crippen molar-refractivity contribution in [2.75, 3.05) is 13.1 Å². The highest BCUT2D eigenvalue weighted by molar-refractivity contribution is 9.10. The van der Waals surface area contributed by atoms with E-state index in [9.17, 15) is 13.2 Å². The minimum atomic E-state index is -3.69. The molecule has 1 heterocycles. The molecule has 3 rings (SSSR count). The van der Waals surface area contributed by atoms with E-state index < -0.39 is 10.0 Å². The molecule has 0 aromatic heterocycles. The van der Waals surface area contributed by atoms with Gasteiger partial charge < -0.3 is 5.32 Å². The van der Waals surface area contributed by atoms with E-state index in [1.807, 2.05) is 24.3 Å². The molecule has 27 heavy (non-hydrogen) atoms. The fourth-order valence-electron chi connectivity index (χ4n) is 3.06. The van der Waals surface area contributed by atoms with Crippen molar-refractivity contribution >= 4 is 31.9 Å². The molecule has 1 aliphatic rings. The lowest BCUT2D eigenvalue weighted by atomic mass is 9.94. The second-order valence-corrected chi connectivity index (χ2v) is 8.87. The fraction of sp³-hybridized carbons (Fsp3) is 0.278. The highest BCUT2D eigenvalue weighted by Crippen LogP contribution is 2.27. The summed E-state index contributed by atoms with van der Waals surface area (Å²) in [7, 11) is -3.69. The summed E-state index contributed by atoms with van der Waals surface area (Å²) in [5.41, 5.74) is 8.17. The monoisotopic (exact) mass is 452 g/mol. The number of rotatable bonds is 6. The highest BCUT2D eigenvalue weighted by Gasteiger charge is 2.33. The quantitative estimate of drug-likeness (QED) is 0.526. The molecule has 1 aliphatic heterocycles. The Kier molecular flexibility index (Phi) is 6.28. The number of sulfonamides is 1. The Morgan fingerprint density at radius 3 is 2.63 bits per heavy atom. The van der Waals surface area contributed by atoms with Gasteiger partial charge in [-0.05, 0) is 41.8 Å². The number of nitrogens with one attached hydrogen (secondary N) is 3. The molecule has 0 bridgehead atoms. The van der Waals surface area contributed by atoms with E-state index in [-0.39, 0.29) is 22.8 Å². The van der Waals surface area contributed by atoms with Crippen molar-refractivity contribution in [2.24, 2.45) is 11.1 Å². The first-order chi connectivity index (χ1) is 12.8. The lowest BCUT2D eigenvalue weighted by Gasteiger charge is -2.18. The Morgan fingerprint density at radius 2 is 1.96 bits per heavy atom. The summed E-state index contributed by atoms with van der Waals surface area (Å²) >= 11 is 3.46. The van der Waals surface area contributed by atoms with Crippen molar-refractivity contribution < 1.29 is 13.2 Å². The van der Waals surface area contributed by atoms with Crippen LogP contribution in [0.25, 0.3) is 0 Å². The number of benzene rings is 2. The average Bonchev–Trinajstić information content (AvgIpc) is 3.11. The minimum Gasteiger partial charge on any atom is -0.355 e. The van der Waals surface area contributed by atoms with Crippen molar-refractivity contribution in [2.45, 2.75) is 17.4 Å². The zero-order valence-electron chi connectivity index (χ0n) is 14.5. The van der Waals surface area contributed by atoms with E-state index in [1.165, 1.54) is 12.1 Å². The van der Waals surface area contributed by atoms with Gasteiger partial charge in [0.05, 0.1) is 16.9 Å². The first-order valence-corrected chi connectivity index (χ1v) is 10.8. The Balaban J connectivity index is 1.56. The molecule has 9 heteroatoms. The van der Waals surface area contributed by atoms with Crippen molar-refractivity contribution in [1.29, 1.82) is 0 Å². The molecule has 1 saturated heterocycles. The Bertz CT molecular complexity index is 918. The molecule has 2 aromatic rings. The number of hydrazine groups is 1. The van der Waals surface area contributed by atoms with Crippen molar-refractivity contribution in [3.8, 4) is 0 Å². The Morgan fingerprint density at radius 1 is 1.22 bits per heavy atom. The van der Waals surface area contributed by atoms with Gasteiger partial charge in [-0.1, -0.05) is 40.2 Å². The van der Waals surface area contributed by atoms with Gasteiger partial charge in [0.1, 0.15) is 0 Å². The van der Waals surface area contributed by atoms with Gasteiger partial charge in [0, 0.05) is 17.6 Å². The number of carbonyl (C=O) groups is 1. The van der Waals surface area contributed by atoms with E-state index >= 15 is 0 Å². The van der Waals surface area contributed by atoms with Gasteiger partial charge in [0.15, 0.2) is 0 Å². The van der Waals surface area contributed by atoms with Gasteiger partial charge in [-0.3, -0.25) is 10.2 Å². The topological polar surface area (TPSA) is 113 Å². The zero-order chi connectivity index (χ0) is 19.4. The molecule has 2 aromatic carbocycles. The third-order valence-corrected chi connectivity index (χ3v) is 5.91. The van der Waals surface area contributed by atoms with Crippen LogP contribution in [-0.2, 0) is 21.2 Å². The molecule has 1 fully saturated rings. The Hall–Kier alpha value is -1.78. The molecule has 144 valence electrons. The number of nitrogens with two attached hydrogens (primary N) is 1. The summed E-state index contributed by atoms with van der Waals surface area (Å²) in [6, 6.07) is 14.1. The van der Waals surface area contributed by atoms with Crippen LogP contribution in [0.4, 0.5) is 0 Å². The van der Waals surface area contributed by atoms with E-state index in [0.717, 1.165) is 15.6 Å². The van der Waals surface area contributed by atoms with Crippen LogP contribution in [0.3, 0.4) is 0 Å². The number of halogens is 1.